The summed E-state index contributed by atoms with van der Waals surface area (Å²) >= 11 is 0. The molecule has 1 atom stereocenters. The van der Waals surface area contributed by atoms with E-state index >= 15 is 0 Å². The van der Waals surface area contributed by atoms with Gasteiger partial charge in [0.15, 0.2) is 0 Å². The summed E-state index contributed by atoms with van der Waals surface area (Å²) in [6.07, 6.45) is 4.84. The third-order valence-corrected chi connectivity index (χ3v) is 6.18. The summed E-state index contributed by atoms with van der Waals surface area (Å²) in [7, 11) is 3.21. The number of hydrogen-bond donors (Lipinski definition) is 1. The van der Waals surface area contributed by atoms with Crippen LogP contribution in [0.2, 0.25) is 0 Å². The quantitative estimate of drug-likeness (QED) is 0.599. The Morgan fingerprint density at radius 1 is 1.09 bits per heavy atom. The fraction of sp³-hybridized carbons (Fsp3) is 0.400. The van der Waals surface area contributed by atoms with Gasteiger partial charge in [0.05, 0.1) is 38.6 Å². The van der Waals surface area contributed by atoms with Gasteiger partial charge < -0.3 is 23.6 Å². The zero-order valence-electron chi connectivity index (χ0n) is 18.8. The first kappa shape index (κ1) is 22.0. The molecule has 1 fully saturated rings. The molecule has 1 aliphatic heterocycles. The predicted octanol–water partition coefficient (Wildman–Crippen LogP) is 4.10. The molecule has 0 bridgehead atoms. The number of aryl methyl sites for hydroxylation is 1. The zero-order valence-corrected chi connectivity index (χ0v) is 18.8. The molecule has 2 aromatic heterocycles. The minimum Gasteiger partial charge on any atom is -0.507 e. The van der Waals surface area contributed by atoms with Gasteiger partial charge in [-0.3, -0.25) is 9.69 Å². The van der Waals surface area contributed by atoms with Crippen LogP contribution in [0.3, 0.4) is 0 Å². The molecule has 0 spiro atoms. The predicted molar refractivity (Wildman–Crippen MR) is 122 cm³/mol. The van der Waals surface area contributed by atoms with E-state index in [1.807, 2.05) is 31.2 Å². The second-order valence-corrected chi connectivity index (χ2v) is 8.16. The number of piperidine rings is 1. The minimum atomic E-state index is -0.438. The zero-order chi connectivity index (χ0) is 22.7. The van der Waals surface area contributed by atoms with Gasteiger partial charge in [-0.05, 0) is 63.2 Å². The van der Waals surface area contributed by atoms with Gasteiger partial charge in [0.2, 0.25) is 0 Å². The second-order valence-electron chi connectivity index (χ2n) is 8.16. The first-order valence-electron chi connectivity index (χ1n) is 10.9. The van der Waals surface area contributed by atoms with Crippen LogP contribution in [-0.2, 0) is 6.54 Å². The first-order chi connectivity index (χ1) is 15.5. The van der Waals surface area contributed by atoms with Crippen molar-refractivity contribution in [1.29, 1.82) is 0 Å². The van der Waals surface area contributed by atoms with Crippen LogP contribution in [0.25, 0.3) is 0 Å². The summed E-state index contributed by atoms with van der Waals surface area (Å²) in [5.74, 6) is 1.98. The third kappa shape index (κ3) is 4.25. The number of methoxy groups -OCH3 is 2. The number of furan rings is 1. The maximum absolute atomic E-state index is 13.8. The lowest BCUT2D eigenvalue weighted by Crippen LogP contribution is -2.39. The molecule has 7 heteroatoms. The molecule has 170 valence electrons. The van der Waals surface area contributed by atoms with Crippen LogP contribution in [0.1, 0.15) is 47.9 Å². The van der Waals surface area contributed by atoms with Gasteiger partial charge in [0.1, 0.15) is 23.0 Å². The number of pyridine rings is 1. The highest BCUT2D eigenvalue weighted by atomic mass is 16.5. The highest BCUT2D eigenvalue weighted by molar-refractivity contribution is 5.49. The van der Waals surface area contributed by atoms with Crippen molar-refractivity contribution < 1.29 is 19.0 Å². The van der Waals surface area contributed by atoms with Crippen molar-refractivity contribution in [3.8, 4) is 17.2 Å². The summed E-state index contributed by atoms with van der Waals surface area (Å²) in [6.45, 7) is 3.80. The number of aromatic hydroxyl groups is 1. The molecule has 3 aromatic rings. The molecule has 32 heavy (non-hydrogen) atoms. The van der Waals surface area contributed by atoms with Crippen molar-refractivity contribution in [2.75, 3.05) is 27.3 Å². The largest absolute Gasteiger partial charge is 0.507 e. The van der Waals surface area contributed by atoms with Crippen LogP contribution in [-0.4, -0.2) is 41.9 Å². The summed E-state index contributed by atoms with van der Waals surface area (Å²) in [5, 5.41) is 11.0. The number of rotatable bonds is 7. The van der Waals surface area contributed by atoms with E-state index in [0.717, 1.165) is 37.9 Å². The summed E-state index contributed by atoms with van der Waals surface area (Å²) in [5.41, 5.74) is 1.63. The molecule has 0 amide bonds. The lowest BCUT2D eigenvalue weighted by Gasteiger charge is -2.36. The molecule has 1 saturated heterocycles. The Labute approximate surface area is 187 Å². The Hall–Kier alpha value is -3.19. The van der Waals surface area contributed by atoms with Gasteiger partial charge in [-0.1, -0.05) is 6.42 Å². The standard InChI is InChI=1S/C25H30N2O5/c1-17-14-21(28)23(25(29)27(17)16-19-8-7-13-32-19)24(26-11-5-4-6-12-26)20-10-9-18(30-2)15-22(20)31-3/h7-10,13-15,24,28H,4-6,11-12,16H2,1-3H3/t24-/m1/s1. The average molecular weight is 439 g/mol. The van der Waals surface area contributed by atoms with Crippen LogP contribution in [0.4, 0.5) is 0 Å². The Morgan fingerprint density at radius 2 is 1.88 bits per heavy atom. The molecule has 1 N–H and O–H groups in total. The molecule has 0 radical (unpaired) electrons. The fourth-order valence-electron chi connectivity index (χ4n) is 4.54. The summed E-state index contributed by atoms with van der Waals surface area (Å²) in [6, 6.07) is 10.5. The molecule has 4 rings (SSSR count). The summed E-state index contributed by atoms with van der Waals surface area (Å²) < 4.78 is 18.2. The van der Waals surface area contributed by atoms with Crippen LogP contribution < -0.4 is 15.0 Å². The molecular formula is C25H30N2O5. The van der Waals surface area contributed by atoms with Gasteiger partial charge in [-0.15, -0.1) is 0 Å². The molecular weight excluding hydrogens is 408 g/mol. The Balaban J connectivity index is 1.89. The van der Waals surface area contributed by atoms with Gasteiger partial charge in [0, 0.05) is 17.3 Å². The van der Waals surface area contributed by atoms with Gasteiger partial charge in [-0.2, -0.15) is 0 Å². The van der Waals surface area contributed by atoms with E-state index in [-0.39, 0.29) is 11.3 Å². The van der Waals surface area contributed by atoms with E-state index in [1.54, 1.807) is 37.2 Å². The average Bonchev–Trinajstić information content (AvgIpc) is 3.33. The van der Waals surface area contributed by atoms with Gasteiger partial charge in [-0.25, -0.2) is 0 Å². The molecule has 3 heterocycles. The van der Waals surface area contributed by atoms with Crippen LogP contribution in [0.5, 0.6) is 17.2 Å². The SMILES string of the molecule is COc1ccc([C@H](c2c(O)cc(C)n(Cc3ccco3)c2=O)N2CCCCC2)c(OC)c1. The van der Waals surface area contributed by atoms with Gasteiger partial charge in [0.25, 0.3) is 5.56 Å². The monoisotopic (exact) mass is 438 g/mol. The molecule has 7 nitrogen and oxygen atoms in total. The lowest BCUT2D eigenvalue weighted by atomic mass is 9.93. The number of ether oxygens (including phenoxy) is 2. The molecule has 1 aliphatic rings. The number of benzene rings is 1. The van der Waals surface area contributed by atoms with E-state index in [2.05, 4.69) is 4.90 Å². The molecule has 0 saturated carbocycles. The van der Waals surface area contributed by atoms with Crippen molar-refractivity contribution >= 4 is 0 Å². The summed E-state index contributed by atoms with van der Waals surface area (Å²) in [4.78, 5) is 16.0. The van der Waals surface area contributed by atoms with Crippen molar-refractivity contribution in [2.45, 2.75) is 38.8 Å². The number of hydrogen-bond acceptors (Lipinski definition) is 6. The Morgan fingerprint density at radius 3 is 2.53 bits per heavy atom. The molecule has 0 aliphatic carbocycles. The van der Waals surface area contributed by atoms with Crippen molar-refractivity contribution in [1.82, 2.24) is 9.47 Å². The van der Waals surface area contributed by atoms with Crippen molar-refractivity contribution in [3.63, 3.8) is 0 Å². The third-order valence-electron chi connectivity index (χ3n) is 6.18. The van der Waals surface area contributed by atoms with E-state index in [1.165, 1.54) is 0 Å². The topological polar surface area (TPSA) is 77.1 Å². The normalized spacial score (nSPS) is 15.5. The number of aromatic nitrogens is 1. The van der Waals surface area contributed by atoms with E-state index < -0.39 is 6.04 Å². The molecule has 1 aromatic carbocycles. The Kier molecular flexibility index (Phi) is 6.55. The van der Waals surface area contributed by atoms with E-state index in [4.69, 9.17) is 13.9 Å². The second kappa shape index (κ2) is 9.53. The minimum absolute atomic E-state index is 0.00311. The fourth-order valence-corrected chi connectivity index (χ4v) is 4.54. The lowest BCUT2D eigenvalue weighted by molar-refractivity contribution is 0.180. The van der Waals surface area contributed by atoms with E-state index in [9.17, 15) is 9.90 Å². The van der Waals surface area contributed by atoms with Crippen LogP contribution in [0.15, 0.2) is 51.9 Å². The van der Waals surface area contributed by atoms with E-state index in [0.29, 0.717) is 35.1 Å². The molecule has 0 unspecified atom stereocenters. The first-order valence-corrected chi connectivity index (χ1v) is 10.9. The number of likely N-dealkylation sites (tertiary alicyclic amines) is 1. The van der Waals surface area contributed by atoms with Crippen LogP contribution in [0, 0.1) is 6.92 Å². The number of nitrogens with zero attached hydrogens (tertiary/aromatic N) is 2. The highest BCUT2D eigenvalue weighted by Gasteiger charge is 2.32. The maximum atomic E-state index is 13.8. The maximum Gasteiger partial charge on any atom is 0.260 e. The Bertz CT molecular complexity index is 1110. The highest BCUT2D eigenvalue weighted by Crippen LogP contribution is 2.40. The van der Waals surface area contributed by atoms with Crippen molar-refractivity contribution in [2.24, 2.45) is 0 Å². The van der Waals surface area contributed by atoms with Crippen molar-refractivity contribution in [3.05, 3.63) is 75.6 Å². The smallest absolute Gasteiger partial charge is 0.260 e. The van der Waals surface area contributed by atoms with Crippen LogP contribution >= 0.6 is 0 Å². The van der Waals surface area contributed by atoms with Gasteiger partial charge >= 0.3 is 0 Å².